The van der Waals surface area contributed by atoms with Crippen molar-refractivity contribution in [2.75, 3.05) is 13.1 Å². The van der Waals surface area contributed by atoms with Gasteiger partial charge in [0.15, 0.2) is 0 Å². The fourth-order valence-electron chi connectivity index (χ4n) is 1.54. The minimum absolute atomic E-state index is 0.838. The Morgan fingerprint density at radius 2 is 2.00 bits per heavy atom. The lowest BCUT2D eigenvalue weighted by atomic mass is 9.90. The number of rotatable bonds is 3. The third-order valence-corrected chi connectivity index (χ3v) is 2.32. The summed E-state index contributed by atoms with van der Waals surface area (Å²) < 4.78 is 0. The second kappa shape index (κ2) is 4.76. The van der Waals surface area contributed by atoms with Crippen molar-refractivity contribution in [1.29, 1.82) is 0 Å². The molecule has 1 radical (unpaired) electrons. The van der Waals surface area contributed by atoms with Gasteiger partial charge in [-0.25, -0.2) is 0 Å². The molecule has 0 aromatic carbocycles. The quantitative estimate of drug-likeness (QED) is 0.657. The minimum Gasteiger partial charge on any atom is -0.317 e. The molecule has 0 saturated carbocycles. The molecule has 0 aromatic heterocycles. The van der Waals surface area contributed by atoms with Crippen molar-refractivity contribution >= 4 is 0 Å². The Morgan fingerprint density at radius 1 is 1.36 bits per heavy atom. The molecule has 1 heterocycles. The van der Waals surface area contributed by atoms with Crippen molar-refractivity contribution in [2.24, 2.45) is 11.8 Å². The Kier molecular flexibility index (Phi) is 3.92. The van der Waals surface area contributed by atoms with Crippen molar-refractivity contribution in [3.05, 3.63) is 6.42 Å². The van der Waals surface area contributed by atoms with Gasteiger partial charge >= 0.3 is 0 Å². The summed E-state index contributed by atoms with van der Waals surface area (Å²) in [5.74, 6) is 1.74. The van der Waals surface area contributed by atoms with E-state index in [1.54, 1.807) is 0 Å². The maximum Gasteiger partial charge on any atom is -0.00462 e. The largest absolute Gasteiger partial charge is 0.317 e. The van der Waals surface area contributed by atoms with Crippen LogP contribution < -0.4 is 5.32 Å². The van der Waals surface area contributed by atoms with Crippen molar-refractivity contribution < 1.29 is 0 Å². The molecule has 0 unspecified atom stereocenters. The van der Waals surface area contributed by atoms with Gasteiger partial charge in [0.2, 0.25) is 0 Å². The van der Waals surface area contributed by atoms with Gasteiger partial charge in [-0.3, -0.25) is 0 Å². The number of nitrogens with one attached hydrogen (secondary N) is 1. The van der Waals surface area contributed by atoms with Gasteiger partial charge in [-0.15, -0.1) is 0 Å². The van der Waals surface area contributed by atoms with Crippen molar-refractivity contribution in [2.45, 2.75) is 33.1 Å². The van der Waals surface area contributed by atoms with Crippen LogP contribution in [-0.2, 0) is 0 Å². The Balaban J connectivity index is 2.05. The van der Waals surface area contributed by atoms with E-state index in [2.05, 4.69) is 25.6 Å². The molecule has 0 bridgehead atoms. The summed E-state index contributed by atoms with van der Waals surface area (Å²) >= 11 is 0. The van der Waals surface area contributed by atoms with Crippen molar-refractivity contribution in [3.63, 3.8) is 0 Å². The van der Waals surface area contributed by atoms with E-state index in [0.717, 1.165) is 11.8 Å². The summed E-state index contributed by atoms with van der Waals surface area (Å²) in [5, 5.41) is 3.38. The summed E-state index contributed by atoms with van der Waals surface area (Å²) in [6.45, 7) is 7.02. The second-order valence-electron chi connectivity index (χ2n) is 3.95. The lowest BCUT2D eigenvalue weighted by molar-refractivity contribution is 0.396. The molecule has 1 nitrogen and oxygen atoms in total. The maximum atomic E-state index is 3.38. The summed E-state index contributed by atoms with van der Waals surface area (Å²) in [4.78, 5) is 0. The Morgan fingerprint density at radius 3 is 2.55 bits per heavy atom. The van der Waals surface area contributed by atoms with E-state index < -0.39 is 0 Å². The maximum absolute atomic E-state index is 3.38. The average Bonchev–Trinajstić information content (AvgIpc) is 2.03. The van der Waals surface area contributed by atoms with Crippen molar-refractivity contribution in [1.82, 2.24) is 5.32 Å². The molecule has 0 atom stereocenters. The topological polar surface area (TPSA) is 12.0 Å². The molecule has 0 amide bonds. The van der Waals surface area contributed by atoms with Gasteiger partial charge in [0, 0.05) is 0 Å². The SMILES string of the molecule is CC(C)C[CH]C1CCNCC1. The normalized spacial score (nSPS) is 21.0. The van der Waals surface area contributed by atoms with Gasteiger partial charge in [0.25, 0.3) is 0 Å². The molecular formula is C10H20N. The highest BCUT2D eigenvalue weighted by molar-refractivity contribution is 4.81. The fourth-order valence-corrected chi connectivity index (χ4v) is 1.54. The molecule has 1 saturated heterocycles. The zero-order chi connectivity index (χ0) is 8.10. The van der Waals surface area contributed by atoms with Gasteiger partial charge in [-0.05, 0) is 50.6 Å². The monoisotopic (exact) mass is 154 g/mol. The van der Waals surface area contributed by atoms with E-state index in [1.165, 1.54) is 32.4 Å². The highest BCUT2D eigenvalue weighted by Crippen LogP contribution is 2.18. The lowest BCUT2D eigenvalue weighted by Gasteiger charge is -2.22. The smallest absolute Gasteiger partial charge is 0.00462 e. The summed E-state index contributed by atoms with van der Waals surface area (Å²) in [6.07, 6.45) is 6.52. The van der Waals surface area contributed by atoms with Crippen LogP contribution in [0.15, 0.2) is 0 Å². The standard InChI is InChI=1S/C10H20N/c1-9(2)3-4-10-5-7-11-8-6-10/h4,9-11H,3,5-8H2,1-2H3. The number of hydrogen-bond acceptors (Lipinski definition) is 1. The third-order valence-electron chi connectivity index (χ3n) is 2.32. The number of hydrogen-bond donors (Lipinski definition) is 1. The predicted molar refractivity (Wildman–Crippen MR) is 49.3 cm³/mol. The zero-order valence-electron chi connectivity index (χ0n) is 7.77. The van der Waals surface area contributed by atoms with E-state index in [0.29, 0.717) is 0 Å². The summed E-state index contributed by atoms with van der Waals surface area (Å²) in [6, 6.07) is 0. The zero-order valence-corrected chi connectivity index (χ0v) is 7.77. The van der Waals surface area contributed by atoms with Crippen LogP contribution >= 0.6 is 0 Å². The van der Waals surface area contributed by atoms with Crippen LogP contribution in [0.4, 0.5) is 0 Å². The lowest BCUT2D eigenvalue weighted by Crippen LogP contribution is -2.28. The van der Waals surface area contributed by atoms with E-state index in [4.69, 9.17) is 0 Å². The van der Waals surface area contributed by atoms with E-state index in [9.17, 15) is 0 Å². The molecule has 1 rings (SSSR count). The average molecular weight is 154 g/mol. The van der Waals surface area contributed by atoms with E-state index in [-0.39, 0.29) is 0 Å². The minimum atomic E-state index is 0.838. The molecule has 1 heteroatoms. The van der Waals surface area contributed by atoms with Gasteiger partial charge in [-0.1, -0.05) is 13.8 Å². The summed E-state index contributed by atoms with van der Waals surface area (Å²) in [7, 11) is 0. The van der Waals surface area contributed by atoms with Gasteiger partial charge in [-0.2, -0.15) is 0 Å². The first-order valence-corrected chi connectivity index (χ1v) is 4.83. The van der Waals surface area contributed by atoms with Gasteiger partial charge in [0.05, 0.1) is 0 Å². The highest BCUT2D eigenvalue weighted by atomic mass is 14.9. The van der Waals surface area contributed by atoms with Crippen LogP contribution in [-0.4, -0.2) is 13.1 Å². The Hall–Kier alpha value is -0.0400. The Labute approximate surface area is 70.6 Å². The van der Waals surface area contributed by atoms with Gasteiger partial charge < -0.3 is 5.32 Å². The molecule has 1 aliphatic heterocycles. The molecule has 0 spiro atoms. The second-order valence-corrected chi connectivity index (χ2v) is 3.95. The first-order chi connectivity index (χ1) is 5.29. The van der Waals surface area contributed by atoms with Crippen LogP contribution in [0.1, 0.15) is 33.1 Å². The molecule has 1 fully saturated rings. The molecule has 0 aromatic rings. The predicted octanol–water partition coefficient (Wildman–Crippen LogP) is 2.24. The first kappa shape index (κ1) is 9.05. The highest BCUT2D eigenvalue weighted by Gasteiger charge is 2.12. The van der Waals surface area contributed by atoms with Crippen LogP contribution in [0, 0.1) is 18.3 Å². The molecule has 1 N–H and O–H groups in total. The molecule has 11 heavy (non-hydrogen) atoms. The van der Waals surface area contributed by atoms with Gasteiger partial charge in [0.1, 0.15) is 0 Å². The van der Waals surface area contributed by atoms with Crippen LogP contribution in [0.5, 0.6) is 0 Å². The Bertz CT molecular complexity index is 93.0. The van der Waals surface area contributed by atoms with E-state index >= 15 is 0 Å². The van der Waals surface area contributed by atoms with Crippen molar-refractivity contribution in [3.8, 4) is 0 Å². The fraction of sp³-hybridized carbons (Fsp3) is 0.900. The summed E-state index contributed by atoms with van der Waals surface area (Å²) in [5.41, 5.74) is 0. The van der Waals surface area contributed by atoms with E-state index in [1.807, 2.05) is 0 Å². The van der Waals surface area contributed by atoms with Crippen LogP contribution in [0.3, 0.4) is 0 Å². The van der Waals surface area contributed by atoms with Crippen LogP contribution in [0.2, 0.25) is 0 Å². The number of piperidine rings is 1. The van der Waals surface area contributed by atoms with Crippen LogP contribution in [0.25, 0.3) is 0 Å². The third kappa shape index (κ3) is 3.76. The molecule has 65 valence electrons. The first-order valence-electron chi connectivity index (χ1n) is 4.83. The molecule has 0 aliphatic carbocycles. The molecule has 1 aliphatic rings. The molecular weight excluding hydrogens is 134 g/mol.